The van der Waals surface area contributed by atoms with Crippen molar-refractivity contribution in [1.82, 2.24) is 0 Å². The van der Waals surface area contributed by atoms with Gasteiger partial charge in [-0.25, -0.2) is 9.36 Å². The third kappa shape index (κ3) is 4.21. The number of aliphatic hydroxyl groups is 1. The molecule has 0 saturated heterocycles. The van der Waals surface area contributed by atoms with Gasteiger partial charge in [0.15, 0.2) is 11.9 Å². The molecule has 0 aromatic heterocycles. The molecule has 0 radical (unpaired) electrons. The number of hydrogen-bond acceptors (Lipinski definition) is 9. The molecule has 1 N–H and O–H groups in total. The van der Waals surface area contributed by atoms with Gasteiger partial charge < -0.3 is 19.3 Å². The summed E-state index contributed by atoms with van der Waals surface area (Å²) in [5.74, 6) is -0.877. The van der Waals surface area contributed by atoms with Gasteiger partial charge in [0.25, 0.3) is 0 Å². The summed E-state index contributed by atoms with van der Waals surface area (Å²) < 4.78 is 42.6. The van der Waals surface area contributed by atoms with Gasteiger partial charge in [0.2, 0.25) is 5.76 Å². The highest BCUT2D eigenvalue weighted by Gasteiger charge is 2.45. The SMILES string of the molecule is CCOP(=O)(OCC)OC(CO)C1OC(=O)C(OC)=C1OC. The van der Waals surface area contributed by atoms with E-state index >= 15 is 0 Å². The number of phosphoric ester groups is 1. The van der Waals surface area contributed by atoms with Crippen LogP contribution in [0.5, 0.6) is 0 Å². The number of rotatable bonds is 10. The largest absolute Gasteiger partial charge is 0.493 e. The van der Waals surface area contributed by atoms with Gasteiger partial charge in [-0.05, 0) is 13.8 Å². The highest BCUT2D eigenvalue weighted by molar-refractivity contribution is 7.48. The molecule has 1 rings (SSSR count). The maximum absolute atomic E-state index is 12.4. The van der Waals surface area contributed by atoms with Gasteiger partial charge in [-0.15, -0.1) is 0 Å². The van der Waals surface area contributed by atoms with E-state index in [-0.39, 0.29) is 24.7 Å². The Morgan fingerprint density at radius 1 is 1.23 bits per heavy atom. The van der Waals surface area contributed by atoms with E-state index in [1.165, 1.54) is 14.2 Å². The number of phosphoric acid groups is 1. The van der Waals surface area contributed by atoms with Crippen molar-refractivity contribution in [3.8, 4) is 0 Å². The molecule has 0 aromatic rings. The van der Waals surface area contributed by atoms with Gasteiger partial charge in [0.05, 0.1) is 34.0 Å². The Balaban J connectivity index is 2.99. The molecule has 1 aliphatic rings. The lowest BCUT2D eigenvalue weighted by atomic mass is 10.2. The fourth-order valence-electron chi connectivity index (χ4n) is 1.85. The van der Waals surface area contributed by atoms with E-state index in [9.17, 15) is 14.5 Å². The van der Waals surface area contributed by atoms with Crippen molar-refractivity contribution in [2.75, 3.05) is 34.0 Å². The molecule has 0 aromatic carbocycles. The van der Waals surface area contributed by atoms with Crippen LogP contribution >= 0.6 is 7.82 Å². The zero-order valence-electron chi connectivity index (χ0n) is 12.9. The molecule has 1 heterocycles. The average molecular weight is 340 g/mol. The Bertz CT molecular complexity index is 452. The first-order valence-corrected chi connectivity index (χ1v) is 8.13. The van der Waals surface area contributed by atoms with E-state index < -0.39 is 32.6 Å². The molecule has 0 aliphatic carbocycles. The number of aliphatic hydroxyl groups excluding tert-OH is 1. The molecule has 0 amide bonds. The summed E-state index contributed by atoms with van der Waals surface area (Å²) >= 11 is 0. The second-order valence-electron chi connectivity index (χ2n) is 4.04. The van der Waals surface area contributed by atoms with E-state index in [1.54, 1.807) is 13.8 Å². The molecule has 22 heavy (non-hydrogen) atoms. The van der Waals surface area contributed by atoms with Crippen LogP contribution in [0.4, 0.5) is 0 Å². The molecule has 2 unspecified atom stereocenters. The molecule has 0 spiro atoms. The van der Waals surface area contributed by atoms with Gasteiger partial charge in [-0.1, -0.05) is 0 Å². The summed E-state index contributed by atoms with van der Waals surface area (Å²) in [5.41, 5.74) is 0. The van der Waals surface area contributed by atoms with Crippen LogP contribution < -0.4 is 0 Å². The molecule has 0 saturated carbocycles. The van der Waals surface area contributed by atoms with E-state index in [0.717, 1.165) is 0 Å². The fourth-order valence-corrected chi connectivity index (χ4v) is 3.19. The molecular formula is C12H21O9P. The van der Waals surface area contributed by atoms with Crippen LogP contribution in [-0.2, 0) is 37.1 Å². The standard InChI is InChI=1S/C12H21O9P/c1-5-18-22(15,19-6-2)21-8(7-13)9-10(16-3)11(17-4)12(14)20-9/h8-9,13H,5-7H2,1-4H3. The highest BCUT2D eigenvalue weighted by atomic mass is 31.2. The molecule has 1 aliphatic heterocycles. The lowest BCUT2D eigenvalue weighted by Gasteiger charge is -2.25. The predicted octanol–water partition coefficient (Wildman–Crippen LogP) is 0.975. The predicted molar refractivity (Wildman–Crippen MR) is 73.7 cm³/mol. The summed E-state index contributed by atoms with van der Waals surface area (Å²) in [6.07, 6.45) is -2.32. The van der Waals surface area contributed by atoms with Crippen LogP contribution in [-0.4, -0.2) is 57.3 Å². The Morgan fingerprint density at radius 3 is 2.23 bits per heavy atom. The van der Waals surface area contributed by atoms with Gasteiger partial charge in [-0.2, -0.15) is 0 Å². The van der Waals surface area contributed by atoms with Crippen molar-refractivity contribution in [3.05, 3.63) is 11.5 Å². The Kier molecular flexibility index (Phi) is 7.31. The maximum Gasteiger partial charge on any atom is 0.475 e. The highest BCUT2D eigenvalue weighted by Crippen LogP contribution is 2.51. The summed E-state index contributed by atoms with van der Waals surface area (Å²) in [7, 11) is -1.32. The first-order valence-electron chi connectivity index (χ1n) is 6.67. The van der Waals surface area contributed by atoms with Crippen LogP contribution in [0.2, 0.25) is 0 Å². The molecular weight excluding hydrogens is 319 g/mol. The number of esters is 1. The third-order valence-corrected chi connectivity index (χ3v) is 4.36. The Hall–Kier alpha value is -1.12. The minimum atomic E-state index is -3.90. The van der Waals surface area contributed by atoms with Crippen molar-refractivity contribution >= 4 is 13.8 Å². The van der Waals surface area contributed by atoms with Crippen molar-refractivity contribution in [3.63, 3.8) is 0 Å². The first kappa shape index (κ1) is 18.9. The molecule has 0 bridgehead atoms. The van der Waals surface area contributed by atoms with Gasteiger partial charge in [-0.3, -0.25) is 13.6 Å². The van der Waals surface area contributed by atoms with Crippen LogP contribution in [0, 0.1) is 0 Å². The normalized spacial score (nSPS) is 20.0. The van der Waals surface area contributed by atoms with Crippen molar-refractivity contribution in [1.29, 1.82) is 0 Å². The maximum atomic E-state index is 12.4. The number of ether oxygens (including phenoxy) is 3. The van der Waals surface area contributed by atoms with Crippen LogP contribution in [0.3, 0.4) is 0 Å². The second-order valence-corrected chi connectivity index (χ2v) is 5.66. The van der Waals surface area contributed by atoms with Crippen molar-refractivity contribution in [2.45, 2.75) is 26.1 Å². The molecule has 128 valence electrons. The smallest absolute Gasteiger partial charge is 0.475 e. The molecule has 10 heteroatoms. The minimum Gasteiger partial charge on any atom is -0.493 e. The third-order valence-electron chi connectivity index (χ3n) is 2.68. The summed E-state index contributed by atoms with van der Waals surface area (Å²) in [6.45, 7) is 2.78. The minimum absolute atomic E-state index is 0.0334. The number of cyclic esters (lactones) is 1. The average Bonchev–Trinajstić information content (AvgIpc) is 2.81. The quantitative estimate of drug-likeness (QED) is 0.459. The number of methoxy groups -OCH3 is 2. The van der Waals surface area contributed by atoms with Crippen LogP contribution in [0.15, 0.2) is 11.5 Å². The van der Waals surface area contributed by atoms with Gasteiger partial charge in [0, 0.05) is 0 Å². The number of carbonyl (C=O) groups is 1. The van der Waals surface area contributed by atoms with E-state index in [1.807, 2.05) is 0 Å². The monoisotopic (exact) mass is 340 g/mol. The topological polar surface area (TPSA) is 110 Å². The number of carbonyl (C=O) groups excluding carboxylic acids is 1. The molecule has 0 fully saturated rings. The Labute approximate surface area is 128 Å². The summed E-state index contributed by atoms with van der Waals surface area (Å²) in [4.78, 5) is 11.7. The van der Waals surface area contributed by atoms with Crippen LogP contribution in [0.1, 0.15) is 13.8 Å². The zero-order chi connectivity index (χ0) is 16.8. The van der Waals surface area contributed by atoms with Gasteiger partial charge >= 0.3 is 13.8 Å². The number of hydrogen-bond donors (Lipinski definition) is 1. The lowest BCUT2D eigenvalue weighted by molar-refractivity contribution is -0.148. The molecule has 9 nitrogen and oxygen atoms in total. The van der Waals surface area contributed by atoms with E-state index in [2.05, 4.69) is 0 Å². The van der Waals surface area contributed by atoms with Gasteiger partial charge in [0.1, 0.15) is 6.10 Å². The van der Waals surface area contributed by atoms with E-state index in [4.69, 9.17) is 27.8 Å². The molecule has 2 atom stereocenters. The second kappa shape index (κ2) is 8.50. The van der Waals surface area contributed by atoms with Crippen molar-refractivity contribution in [2.24, 2.45) is 0 Å². The summed E-state index contributed by atoms with van der Waals surface area (Å²) in [6, 6.07) is 0. The lowest BCUT2D eigenvalue weighted by Crippen LogP contribution is -2.34. The van der Waals surface area contributed by atoms with Crippen molar-refractivity contribution < 1.29 is 42.2 Å². The van der Waals surface area contributed by atoms with Crippen LogP contribution in [0.25, 0.3) is 0 Å². The van der Waals surface area contributed by atoms with E-state index in [0.29, 0.717) is 0 Å². The fraction of sp³-hybridized carbons (Fsp3) is 0.750. The first-order chi connectivity index (χ1) is 10.5. The Morgan fingerprint density at radius 2 is 1.82 bits per heavy atom. The zero-order valence-corrected chi connectivity index (χ0v) is 13.8. The summed E-state index contributed by atoms with van der Waals surface area (Å²) in [5, 5.41) is 9.48.